The zero-order valence-electron chi connectivity index (χ0n) is 18.4. The molecule has 7 heteroatoms. The highest BCUT2D eigenvalue weighted by Crippen LogP contribution is 2.32. The van der Waals surface area contributed by atoms with Crippen molar-refractivity contribution in [3.05, 3.63) is 57.9 Å². The Kier molecular flexibility index (Phi) is 6.32. The molecule has 0 bridgehead atoms. The lowest BCUT2D eigenvalue weighted by Gasteiger charge is -2.34. The molecule has 2 amide bonds. The number of benzene rings is 1. The average molecular weight is 437 g/mol. The molecule has 1 aliphatic rings. The number of nitrogens with zero attached hydrogens (tertiary/aromatic N) is 4. The maximum atomic E-state index is 13.2. The third-order valence-electron chi connectivity index (χ3n) is 5.90. The SMILES string of the molecule is Cc1nc(C)c2c(C)c(C(=O)N3CCN(C(=O)CCCc4ccccc4)CC3)sc2n1. The van der Waals surface area contributed by atoms with Crippen LogP contribution in [0.15, 0.2) is 30.3 Å². The minimum absolute atomic E-state index is 0.0359. The second-order valence-corrected chi connectivity index (χ2v) is 9.10. The van der Waals surface area contributed by atoms with Crippen LogP contribution < -0.4 is 0 Å². The van der Waals surface area contributed by atoms with Crippen molar-refractivity contribution in [2.45, 2.75) is 40.0 Å². The minimum Gasteiger partial charge on any atom is -0.339 e. The van der Waals surface area contributed by atoms with Gasteiger partial charge in [0.15, 0.2) is 0 Å². The van der Waals surface area contributed by atoms with Crippen molar-refractivity contribution in [2.75, 3.05) is 26.2 Å². The van der Waals surface area contributed by atoms with Gasteiger partial charge in [0.05, 0.1) is 4.88 Å². The molecule has 1 aromatic carbocycles. The summed E-state index contributed by atoms with van der Waals surface area (Å²) in [5.74, 6) is 0.945. The lowest BCUT2D eigenvalue weighted by atomic mass is 10.1. The predicted molar refractivity (Wildman–Crippen MR) is 123 cm³/mol. The van der Waals surface area contributed by atoms with E-state index >= 15 is 0 Å². The molecule has 0 saturated carbocycles. The van der Waals surface area contributed by atoms with Crippen LogP contribution in [0.1, 0.15) is 45.2 Å². The number of hydrogen-bond acceptors (Lipinski definition) is 5. The number of aromatic nitrogens is 2. The summed E-state index contributed by atoms with van der Waals surface area (Å²) < 4.78 is 0. The molecule has 0 atom stereocenters. The molecule has 0 N–H and O–H groups in total. The summed E-state index contributed by atoms with van der Waals surface area (Å²) >= 11 is 1.45. The fourth-order valence-corrected chi connectivity index (χ4v) is 5.47. The Morgan fingerprint density at radius 1 is 0.968 bits per heavy atom. The van der Waals surface area contributed by atoms with E-state index in [1.54, 1.807) is 0 Å². The molecule has 3 aromatic rings. The molecule has 162 valence electrons. The van der Waals surface area contributed by atoms with Gasteiger partial charge >= 0.3 is 0 Å². The van der Waals surface area contributed by atoms with E-state index in [-0.39, 0.29) is 11.8 Å². The van der Waals surface area contributed by atoms with Crippen LogP contribution in [0.4, 0.5) is 0 Å². The molecule has 4 rings (SSSR count). The summed E-state index contributed by atoms with van der Waals surface area (Å²) in [5.41, 5.74) is 3.14. The van der Waals surface area contributed by atoms with Gasteiger partial charge in [0, 0.05) is 43.7 Å². The molecule has 0 unspecified atom stereocenters. The fourth-order valence-electron chi connectivity index (χ4n) is 4.23. The molecule has 31 heavy (non-hydrogen) atoms. The molecule has 0 aliphatic carbocycles. The summed E-state index contributed by atoms with van der Waals surface area (Å²) in [6.45, 7) is 8.15. The van der Waals surface area contributed by atoms with Crippen molar-refractivity contribution >= 4 is 33.4 Å². The van der Waals surface area contributed by atoms with Gasteiger partial charge in [0.2, 0.25) is 5.91 Å². The normalized spacial score (nSPS) is 14.3. The Hall–Kier alpha value is -2.80. The van der Waals surface area contributed by atoms with Gasteiger partial charge in [-0.2, -0.15) is 0 Å². The first kappa shape index (κ1) is 21.4. The molecule has 1 aliphatic heterocycles. The number of aryl methyl sites for hydroxylation is 4. The lowest BCUT2D eigenvalue weighted by Crippen LogP contribution is -2.50. The predicted octanol–water partition coefficient (Wildman–Crippen LogP) is 3.92. The van der Waals surface area contributed by atoms with Gasteiger partial charge in [-0.15, -0.1) is 11.3 Å². The third kappa shape index (κ3) is 4.61. The Labute approximate surface area is 186 Å². The molecule has 3 heterocycles. The minimum atomic E-state index is 0.0359. The van der Waals surface area contributed by atoms with E-state index in [1.807, 2.05) is 48.8 Å². The van der Waals surface area contributed by atoms with E-state index in [9.17, 15) is 9.59 Å². The van der Waals surface area contributed by atoms with Gasteiger partial charge in [0.1, 0.15) is 10.7 Å². The Morgan fingerprint density at radius 2 is 1.65 bits per heavy atom. The van der Waals surface area contributed by atoms with Crippen LogP contribution in [0, 0.1) is 20.8 Å². The number of rotatable bonds is 5. The fraction of sp³-hybridized carbons (Fsp3) is 0.417. The maximum absolute atomic E-state index is 13.2. The Bertz CT molecular complexity index is 1100. The number of carbonyl (C=O) groups excluding carboxylic acids is 2. The molecular weight excluding hydrogens is 408 g/mol. The number of hydrogen-bond donors (Lipinski definition) is 0. The van der Waals surface area contributed by atoms with E-state index in [4.69, 9.17) is 0 Å². The quantitative estimate of drug-likeness (QED) is 0.608. The van der Waals surface area contributed by atoms with Crippen LogP contribution in [0.25, 0.3) is 10.2 Å². The van der Waals surface area contributed by atoms with E-state index < -0.39 is 0 Å². The third-order valence-corrected chi connectivity index (χ3v) is 7.07. The molecule has 0 spiro atoms. The molecular formula is C24H28N4O2S. The summed E-state index contributed by atoms with van der Waals surface area (Å²) in [4.78, 5) is 40.1. The van der Waals surface area contributed by atoms with Crippen molar-refractivity contribution in [2.24, 2.45) is 0 Å². The van der Waals surface area contributed by atoms with Crippen molar-refractivity contribution < 1.29 is 9.59 Å². The maximum Gasteiger partial charge on any atom is 0.264 e. The van der Waals surface area contributed by atoms with Crippen LogP contribution in [-0.4, -0.2) is 57.8 Å². The van der Waals surface area contributed by atoms with Crippen molar-refractivity contribution in [3.63, 3.8) is 0 Å². The largest absolute Gasteiger partial charge is 0.339 e. The van der Waals surface area contributed by atoms with Gasteiger partial charge in [-0.05, 0) is 44.7 Å². The number of fused-ring (bicyclic) bond motifs is 1. The Balaban J connectivity index is 1.34. The zero-order valence-corrected chi connectivity index (χ0v) is 19.2. The summed E-state index contributed by atoms with van der Waals surface area (Å²) in [6, 6.07) is 10.3. The summed E-state index contributed by atoms with van der Waals surface area (Å²) in [5, 5.41) is 0.992. The van der Waals surface area contributed by atoms with Gasteiger partial charge in [-0.25, -0.2) is 9.97 Å². The Morgan fingerprint density at radius 3 is 2.35 bits per heavy atom. The molecule has 0 radical (unpaired) electrons. The molecule has 2 aromatic heterocycles. The van der Waals surface area contributed by atoms with Crippen molar-refractivity contribution in [1.29, 1.82) is 0 Å². The van der Waals surface area contributed by atoms with Gasteiger partial charge < -0.3 is 9.80 Å². The second kappa shape index (κ2) is 9.14. The van der Waals surface area contributed by atoms with E-state index in [0.717, 1.165) is 45.0 Å². The highest BCUT2D eigenvalue weighted by Gasteiger charge is 2.27. The number of amides is 2. The zero-order chi connectivity index (χ0) is 22.0. The first-order valence-electron chi connectivity index (χ1n) is 10.8. The first-order valence-corrected chi connectivity index (χ1v) is 11.6. The van der Waals surface area contributed by atoms with E-state index in [0.29, 0.717) is 32.6 Å². The standard InChI is InChI=1S/C24H28N4O2S/c1-16-21-17(2)25-18(3)26-23(21)31-22(16)24(30)28-14-12-27(13-15-28)20(29)11-7-10-19-8-5-4-6-9-19/h4-6,8-9H,7,10-15H2,1-3H3. The van der Waals surface area contributed by atoms with Crippen LogP contribution in [0.3, 0.4) is 0 Å². The van der Waals surface area contributed by atoms with Crippen LogP contribution in [0.2, 0.25) is 0 Å². The average Bonchev–Trinajstić information content (AvgIpc) is 3.10. The van der Waals surface area contributed by atoms with Gasteiger partial charge in [0.25, 0.3) is 5.91 Å². The number of thiophene rings is 1. The monoisotopic (exact) mass is 436 g/mol. The van der Waals surface area contributed by atoms with Crippen molar-refractivity contribution in [1.82, 2.24) is 19.8 Å². The highest BCUT2D eigenvalue weighted by atomic mass is 32.1. The van der Waals surface area contributed by atoms with E-state index in [2.05, 4.69) is 22.1 Å². The lowest BCUT2D eigenvalue weighted by molar-refractivity contribution is -0.132. The topological polar surface area (TPSA) is 66.4 Å². The number of carbonyl (C=O) groups is 2. The number of piperazine rings is 1. The highest BCUT2D eigenvalue weighted by molar-refractivity contribution is 7.20. The van der Waals surface area contributed by atoms with Gasteiger partial charge in [-0.3, -0.25) is 9.59 Å². The smallest absolute Gasteiger partial charge is 0.264 e. The van der Waals surface area contributed by atoms with E-state index in [1.165, 1.54) is 16.9 Å². The van der Waals surface area contributed by atoms with Gasteiger partial charge in [-0.1, -0.05) is 30.3 Å². The summed E-state index contributed by atoms with van der Waals surface area (Å²) in [7, 11) is 0. The van der Waals surface area contributed by atoms with Crippen LogP contribution in [0.5, 0.6) is 0 Å². The van der Waals surface area contributed by atoms with Crippen LogP contribution >= 0.6 is 11.3 Å². The second-order valence-electron chi connectivity index (χ2n) is 8.10. The summed E-state index contributed by atoms with van der Waals surface area (Å²) in [6.07, 6.45) is 2.32. The molecule has 1 saturated heterocycles. The first-order chi connectivity index (χ1) is 14.9. The molecule has 6 nitrogen and oxygen atoms in total. The van der Waals surface area contributed by atoms with Crippen molar-refractivity contribution in [3.8, 4) is 0 Å². The molecule has 1 fully saturated rings. The van der Waals surface area contributed by atoms with Crippen LogP contribution in [-0.2, 0) is 11.2 Å².